The zero-order valence-electron chi connectivity index (χ0n) is 17.1. The van der Waals surface area contributed by atoms with Gasteiger partial charge in [-0.05, 0) is 67.1 Å². The molecule has 0 spiro atoms. The molecule has 0 aliphatic carbocycles. The summed E-state index contributed by atoms with van der Waals surface area (Å²) in [7, 11) is 1.61. The van der Waals surface area contributed by atoms with Crippen molar-refractivity contribution in [2.75, 3.05) is 25.6 Å². The normalized spacial score (nSPS) is 10.9. The van der Waals surface area contributed by atoms with Crippen molar-refractivity contribution in [1.82, 2.24) is 4.98 Å². The molecule has 158 valence electrons. The van der Waals surface area contributed by atoms with Gasteiger partial charge < -0.3 is 14.8 Å². The predicted octanol–water partition coefficient (Wildman–Crippen LogP) is 6.31. The van der Waals surface area contributed by atoms with Crippen LogP contribution in [0.2, 0.25) is 0 Å². The summed E-state index contributed by atoms with van der Waals surface area (Å²) in [6.45, 7) is 2.90. The van der Waals surface area contributed by atoms with Crippen LogP contribution >= 0.6 is 27.3 Å². The van der Waals surface area contributed by atoms with Gasteiger partial charge in [0, 0.05) is 22.8 Å². The van der Waals surface area contributed by atoms with Gasteiger partial charge in [-0.15, -0.1) is 11.3 Å². The van der Waals surface area contributed by atoms with E-state index in [1.54, 1.807) is 30.6 Å². The third-order valence-corrected chi connectivity index (χ3v) is 6.23. The predicted molar refractivity (Wildman–Crippen MR) is 129 cm³/mol. The number of nitrogens with zero attached hydrogens (tertiary/aromatic N) is 1. The van der Waals surface area contributed by atoms with E-state index in [1.165, 1.54) is 10.3 Å². The van der Waals surface area contributed by atoms with Crippen molar-refractivity contribution >= 4 is 49.1 Å². The molecule has 4 aromatic rings. The zero-order chi connectivity index (χ0) is 21.8. The molecule has 1 aromatic heterocycles. The van der Waals surface area contributed by atoms with Gasteiger partial charge in [-0.25, -0.2) is 4.98 Å². The summed E-state index contributed by atoms with van der Waals surface area (Å²) in [5.74, 6) is 0.274. The molecule has 5 nitrogen and oxygen atoms in total. The molecular weight excluding hydrogens is 476 g/mol. The summed E-state index contributed by atoms with van der Waals surface area (Å²) in [4.78, 5) is 17.6. The molecule has 0 aliphatic heterocycles. The van der Waals surface area contributed by atoms with Crippen molar-refractivity contribution in [3.8, 4) is 16.3 Å². The molecule has 0 unspecified atom stereocenters. The maximum absolute atomic E-state index is 12.9. The SMILES string of the molecule is COCCOc1ccc(Br)cc1C(=O)Nc1ccc(-c2nc3ccc(C)cc3s2)cc1. The van der Waals surface area contributed by atoms with Crippen LogP contribution in [0.3, 0.4) is 0 Å². The Morgan fingerprint density at radius 2 is 1.87 bits per heavy atom. The van der Waals surface area contributed by atoms with Gasteiger partial charge in [-0.2, -0.15) is 0 Å². The Morgan fingerprint density at radius 1 is 1.06 bits per heavy atom. The van der Waals surface area contributed by atoms with Crippen LogP contribution < -0.4 is 10.1 Å². The molecule has 0 bridgehead atoms. The highest BCUT2D eigenvalue weighted by Gasteiger charge is 2.14. The maximum atomic E-state index is 12.9. The number of hydrogen-bond donors (Lipinski definition) is 1. The van der Waals surface area contributed by atoms with E-state index in [-0.39, 0.29) is 5.91 Å². The van der Waals surface area contributed by atoms with Crippen LogP contribution in [0.4, 0.5) is 5.69 Å². The molecule has 7 heteroatoms. The molecule has 0 radical (unpaired) electrons. The second-order valence-electron chi connectivity index (χ2n) is 7.00. The largest absolute Gasteiger partial charge is 0.490 e. The second kappa shape index (κ2) is 9.60. The lowest BCUT2D eigenvalue weighted by Gasteiger charge is -2.12. The maximum Gasteiger partial charge on any atom is 0.259 e. The van der Waals surface area contributed by atoms with Crippen LogP contribution in [0, 0.1) is 6.92 Å². The van der Waals surface area contributed by atoms with Crippen molar-refractivity contribution in [2.45, 2.75) is 6.92 Å². The van der Waals surface area contributed by atoms with Gasteiger partial charge in [0.25, 0.3) is 5.91 Å². The lowest BCUT2D eigenvalue weighted by atomic mass is 10.1. The van der Waals surface area contributed by atoms with Crippen molar-refractivity contribution in [1.29, 1.82) is 0 Å². The Hall–Kier alpha value is -2.74. The van der Waals surface area contributed by atoms with E-state index in [1.807, 2.05) is 36.4 Å². The van der Waals surface area contributed by atoms with Crippen LogP contribution in [0.15, 0.2) is 65.1 Å². The van der Waals surface area contributed by atoms with Crippen LogP contribution in [0.25, 0.3) is 20.8 Å². The molecule has 1 heterocycles. The Bertz CT molecular complexity index is 1220. The van der Waals surface area contributed by atoms with E-state index in [0.717, 1.165) is 20.6 Å². The lowest BCUT2D eigenvalue weighted by molar-refractivity contribution is 0.101. The van der Waals surface area contributed by atoms with Crippen LogP contribution in [0.5, 0.6) is 5.75 Å². The fraction of sp³-hybridized carbons (Fsp3) is 0.167. The van der Waals surface area contributed by atoms with E-state index in [2.05, 4.69) is 40.3 Å². The first-order valence-corrected chi connectivity index (χ1v) is 11.3. The Balaban J connectivity index is 1.51. The number of aryl methyl sites for hydroxylation is 1. The summed E-state index contributed by atoms with van der Waals surface area (Å²) in [6.07, 6.45) is 0. The monoisotopic (exact) mass is 496 g/mol. The molecule has 0 aliphatic rings. The first-order valence-electron chi connectivity index (χ1n) is 9.74. The van der Waals surface area contributed by atoms with E-state index >= 15 is 0 Å². The summed E-state index contributed by atoms with van der Waals surface area (Å²) in [5.41, 5.74) is 4.39. The number of benzene rings is 3. The van der Waals surface area contributed by atoms with Gasteiger partial charge in [0.05, 0.1) is 22.4 Å². The minimum Gasteiger partial charge on any atom is -0.490 e. The molecule has 31 heavy (non-hydrogen) atoms. The molecule has 1 N–H and O–H groups in total. The highest BCUT2D eigenvalue weighted by Crippen LogP contribution is 2.31. The van der Waals surface area contributed by atoms with Gasteiger partial charge in [-0.3, -0.25) is 4.79 Å². The number of carbonyl (C=O) groups is 1. The van der Waals surface area contributed by atoms with Gasteiger partial charge in [0.1, 0.15) is 17.4 Å². The number of halogens is 1. The molecule has 1 amide bonds. The molecule has 0 atom stereocenters. The number of anilines is 1. The number of methoxy groups -OCH3 is 1. The average Bonchev–Trinajstić information content (AvgIpc) is 3.18. The Kier molecular flexibility index (Phi) is 6.65. The third-order valence-electron chi connectivity index (χ3n) is 4.66. The van der Waals surface area contributed by atoms with Crippen LogP contribution in [-0.2, 0) is 4.74 Å². The minimum absolute atomic E-state index is 0.239. The lowest BCUT2D eigenvalue weighted by Crippen LogP contribution is -2.15. The molecule has 0 saturated carbocycles. The minimum atomic E-state index is -0.239. The standard InChI is InChI=1S/C24H21BrN2O3S/c1-15-3-9-20-22(13-15)31-24(27-20)16-4-7-18(8-5-16)26-23(28)19-14-17(25)6-10-21(19)30-12-11-29-2/h3-10,13-14H,11-12H2,1-2H3,(H,26,28). The highest BCUT2D eigenvalue weighted by molar-refractivity contribution is 9.10. The topological polar surface area (TPSA) is 60.5 Å². The number of amides is 1. The molecule has 3 aromatic carbocycles. The molecule has 4 rings (SSSR count). The van der Waals surface area contributed by atoms with Gasteiger partial charge in [-0.1, -0.05) is 22.0 Å². The number of aromatic nitrogens is 1. The number of hydrogen-bond acceptors (Lipinski definition) is 5. The second-order valence-corrected chi connectivity index (χ2v) is 8.95. The van der Waals surface area contributed by atoms with E-state index in [4.69, 9.17) is 14.5 Å². The van der Waals surface area contributed by atoms with Crippen molar-refractivity contribution in [3.05, 3.63) is 76.3 Å². The molecule has 0 saturated heterocycles. The fourth-order valence-electron chi connectivity index (χ4n) is 3.09. The zero-order valence-corrected chi connectivity index (χ0v) is 19.5. The van der Waals surface area contributed by atoms with Crippen molar-refractivity contribution in [2.24, 2.45) is 0 Å². The Morgan fingerprint density at radius 3 is 2.65 bits per heavy atom. The Labute approximate surface area is 193 Å². The summed E-state index contributed by atoms with van der Waals surface area (Å²) in [6, 6.07) is 19.3. The number of nitrogens with one attached hydrogen (secondary N) is 1. The number of carbonyl (C=O) groups excluding carboxylic acids is 1. The molecule has 0 fully saturated rings. The van der Waals surface area contributed by atoms with E-state index in [9.17, 15) is 4.79 Å². The molecular formula is C24H21BrN2O3S. The van der Waals surface area contributed by atoms with Gasteiger partial charge >= 0.3 is 0 Å². The first-order chi connectivity index (χ1) is 15.0. The van der Waals surface area contributed by atoms with Crippen LogP contribution in [-0.4, -0.2) is 31.2 Å². The summed E-state index contributed by atoms with van der Waals surface area (Å²) in [5, 5.41) is 3.90. The smallest absolute Gasteiger partial charge is 0.259 e. The highest BCUT2D eigenvalue weighted by atomic mass is 79.9. The van der Waals surface area contributed by atoms with Crippen LogP contribution in [0.1, 0.15) is 15.9 Å². The van der Waals surface area contributed by atoms with Crippen molar-refractivity contribution in [3.63, 3.8) is 0 Å². The van der Waals surface area contributed by atoms with Gasteiger partial charge in [0.2, 0.25) is 0 Å². The third kappa shape index (κ3) is 5.12. The number of ether oxygens (including phenoxy) is 2. The number of thiazole rings is 1. The number of fused-ring (bicyclic) bond motifs is 1. The van der Waals surface area contributed by atoms with E-state index < -0.39 is 0 Å². The van der Waals surface area contributed by atoms with E-state index in [0.29, 0.717) is 30.2 Å². The fourth-order valence-corrected chi connectivity index (χ4v) is 4.52. The quantitative estimate of drug-likeness (QED) is 0.304. The summed E-state index contributed by atoms with van der Waals surface area (Å²) < 4.78 is 12.7. The average molecular weight is 497 g/mol. The number of rotatable bonds is 7. The summed E-state index contributed by atoms with van der Waals surface area (Å²) >= 11 is 5.08. The first kappa shape index (κ1) is 21.5. The van der Waals surface area contributed by atoms with Gasteiger partial charge in [0.15, 0.2) is 0 Å². The van der Waals surface area contributed by atoms with Crippen molar-refractivity contribution < 1.29 is 14.3 Å².